The molecule has 0 bridgehead atoms. The maximum absolute atomic E-state index is 13.8. The van der Waals surface area contributed by atoms with Gasteiger partial charge in [-0.25, -0.2) is 4.98 Å². The third-order valence-corrected chi connectivity index (χ3v) is 5.60. The third kappa shape index (κ3) is 9.05. The second kappa shape index (κ2) is 15.2. The Morgan fingerprint density at radius 2 is 1.90 bits per heavy atom. The molecule has 0 saturated heterocycles. The van der Waals surface area contributed by atoms with Crippen LogP contribution in [0, 0.1) is 0 Å². The lowest BCUT2D eigenvalue weighted by Gasteiger charge is -2.24. The number of nitrogens with one attached hydrogen (secondary N) is 4. The van der Waals surface area contributed by atoms with Crippen molar-refractivity contribution in [1.82, 2.24) is 20.3 Å². The minimum Gasteiger partial charge on any atom is -0.479 e. The van der Waals surface area contributed by atoms with Gasteiger partial charge in [0, 0.05) is 43.8 Å². The van der Waals surface area contributed by atoms with Gasteiger partial charge in [-0.15, -0.1) is 0 Å². The molecule has 2 amide bonds. The molecule has 15 heteroatoms. The molecule has 3 rings (SSSR count). The Hall–Kier alpha value is -4.92. The summed E-state index contributed by atoms with van der Waals surface area (Å²) in [5, 5.41) is 10.7. The van der Waals surface area contributed by atoms with Crippen molar-refractivity contribution < 1.29 is 32.2 Å². The van der Waals surface area contributed by atoms with Crippen LogP contribution in [-0.2, 0) is 20.5 Å². The molecule has 4 N–H and O–H groups in total. The van der Waals surface area contributed by atoms with E-state index in [4.69, 9.17) is 9.47 Å². The van der Waals surface area contributed by atoms with E-state index in [1.807, 2.05) is 11.8 Å². The molecular formula is C27H31F3N8O4. The average Bonchev–Trinajstić information content (AvgIpc) is 2.96. The molecule has 0 fully saturated rings. The van der Waals surface area contributed by atoms with Crippen molar-refractivity contribution in [2.45, 2.75) is 13.1 Å². The molecule has 42 heavy (non-hydrogen) atoms. The number of aromatic nitrogens is 3. The van der Waals surface area contributed by atoms with Gasteiger partial charge in [-0.3, -0.25) is 9.59 Å². The smallest absolute Gasteiger partial charge is 0.421 e. The van der Waals surface area contributed by atoms with Crippen LogP contribution in [0.1, 0.15) is 12.5 Å². The van der Waals surface area contributed by atoms with Crippen LogP contribution in [0.3, 0.4) is 0 Å². The van der Waals surface area contributed by atoms with Crippen molar-refractivity contribution >= 4 is 47.0 Å². The highest BCUT2D eigenvalue weighted by atomic mass is 19.4. The lowest BCUT2D eigenvalue weighted by atomic mass is 10.2. The van der Waals surface area contributed by atoms with Gasteiger partial charge in [0.15, 0.2) is 0 Å². The Labute approximate surface area is 240 Å². The van der Waals surface area contributed by atoms with E-state index in [1.54, 1.807) is 24.3 Å². The lowest BCUT2D eigenvalue weighted by molar-refractivity contribution is -0.137. The van der Waals surface area contributed by atoms with Crippen LogP contribution in [-0.4, -0.2) is 67.2 Å². The largest absolute Gasteiger partial charge is 0.479 e. The second-order valence-corrected chi connectivity index (χ2v) is 8.46. The van der Waals surface area contributed by atoms with Gasteiger partial charge < -0.3 is 35.6 Å². The molecule has 2 heterocycles. The molecule has 3 aromatic rings. The van der Waals surface area contributed by atoms with Crippen LogP contribution in [0.25, 0.3) is 0 Å². The first-order valence-electron chi connectivity index (χ1n) is 12.7. The van der Waals surface area contributed by atoms with Gasteiger partial charge in [-0.05, 0) is 43.3 Å². The number of alkyl halides is 3. The summed E-state index contributed by atoms with van der Waals surface area (Å²) >= 11 is 0. The van der Waals surface area contributed by atoms with Gasteiger partial charge in [0.05, 0.1) is 13.7 Å². The molecular weight excluding hydrogens is 557 g/mol. The van der Waals surface area contributed by atoms with E-state index in [1.165, 1.54) is 19.2 Å². The summed E-state index contributed by atoms with van der Waals surface area (Å²) in [6.45, 7) is 7.54. The number of methoxy groups -OCH3 is 1. The summed E-state index contributed by atoms with van der Waals surface area (Å²) in [7, 11) is 1.40. The Morgan fingerprint density at radius 1 is 1.12 bits per heavy atom. The molecule has 0 unspecified atom stereocenters. The first-order valence-corrected chi connectivity index (χ1v) is 12.7. The number of hydrogen-bond donors (Lipinski definition) is 4. The van der Waals surface area contributed by atoms with Crippen LogP contribution in [0.4, 0.5) is 47.8 Å². The number of pyridine rings is 1. The van der Waals surface area contributed by atoms with E-state index in [9.17, 15) is 22.8 Å². The second-order valence-electron chi connectivity index (χ2n) is 8.46. The summed E-state index contributed by atoms with van der Waals surface area (Å²) in [6, 6.07) is 9.41. The van der Waals surface area contributed by atoms with Crippen molar-refractivity contribution in [3.05, 3.63) is 60.8 Å². The normalized spacial score (nSPS) is 10.9. The molecule has 2 aromatic heterocycles. The number of carbonyl (C=O) groups is 2. The standard InChI is InChI=1S/C27H31F3N8O4/c1-4-23(40)33-18-7-6-8-19(15-18)34-24-20(27(28,29)30)16-32-26(37-24)35-21-9-10-22(36-25(21)41-3)38(12-11-31-17-39)13-14-42-5-2/h4,6-10,15-17H,1,5,11-14H2,2-3H3,(H,31,39)(H,33,40)(H2,32,34,35,37). The lowest BCUT2D eigenvalue weighted by Crippen LogP contribution is -2.34. The predicted molar refractivity (Wildman–Crippen MR) is 152 cm³/mol. The van der Waals surface area contributed by atoms with Gasteiger partial charge in [0.2, 0.25) is 24.1 Å². The number of hydrogen-bond acceptors (Lipinski definition) is 10. The van der Waals surface area contributed by atoms with E-state index >= 15 is 0 Å². The Balaban J connectivity index is 1.88. The predicted octanol–water partition coefficient (Wildman–Crippen LogP) is 4.10. The number of halogens is 3. The first kappa shape index (κ1) is 31.6. The molecule has 0 saturated carbocycles. The molecule has 0 atom stereocenters. The maximum Gasteiger partial charge on any atom is 0.421 e. The van der Waals surface area contributed by atoms with Crippen molar-refractivity contribution in [1.29, 1.82) is 0 Å². The molecule has 0 aliphatic heterocycles. The average molecular weight is 589 g/mol. The van der Waals surface area contributed by atoms with E-state index in [0.29, 0.717) is 62.6 Å². The summed E-state index contributed by atoms with van der Waals surface area (Å²) in [4.78, 5) is 36.6. The highest BCUT2D eigenvalue weighted by molar-refractivity contribution is 5.99. The molecule has 12 nitrogen and oxygen atoms in total. The SMILES string of the molecule is C=CC(=O)Nc1cccc(Nc2nc(Nc3ccc(N(CCNC=O)CCOCC)nc3OC)ncc2C(F)(F)F)c1. The number of ether oxygens (including phenoxy) is 2. The molecule has 0 spiro atoms. The number of nitrogens with zero attached hydrogens (tertiary/aromatic N) is 4. The molecule has 0 aliphatic rings. The van der Waals surface area contributed by atoms with Crippen LogP contribution in [0.5, 0.6) is 5.88 Å². The van der Waals surface area contributed by atoms with Crippen LogP contribution in [0.2, 0.25) is 0 Å². The van der Waals surface area contributed by atoms with Gasteiger partial charge in [-0.1, -0.05) is 12.6 Å². The monoisotopic (exact) mass is 588 g/mol. The third-order valence-electron chi connectivity index (χ3n) is 5.60. The Morgan fingerprint density at radius 3 is 2.60 bits per heavy atom. The molecule has 0 radical (unpaired) electrons. The zero-order valence-corrected chi connectivity index (χ0v) is 23.0. The van der Waals surface area contributed by atoms with E-state index < -0.39 is 23.5 Å². The Kier molecular flexibility index (Phi) is 11.4. The van der Waals surface area contributed by atoms with Crippen molar-refractivity contribution in [2.75, 3.05) is 60.8 Å². The number of rotatable bonds is 16. The fraction of sp³-hybridized carbons (Fsp3) is 0.296. The zero-order valence-electron chi connectivity index (χ0n) is 23.0. The van der Waals surface area contributed by atoms with E-state index in [0.717, 1.165) is 6.08 Å². The van der Waals surface area contributed by atoms with Crippen molar-refractivity contribution in [3.8, 4) is 5.88 Å². The Bertz CT molecular complexity index is 1370. The van der Waals surface area contributed by atoms with Crippen LogP contribution < -0.4 is 30.9 Å². The van der Waals surface area contributed by atoms with E-state index in [-0.39, 0.29) is 17.5 Å². The number of amides is 2. The summed E-state index contributed by atoms with van der Waals surface area (Å²) in [5.74, 6) is -0.469. The quantitative estimate of drug-likeness (QED) is 0.110. The van der Waals surface area contributed by atoms with Gasteiger partial charge >= 0.3 is 6.18 Å². The maximum atomic E-state index is 13.8. The summed E-state index contributed by atoms with van der Waals surface area (Å²) < 4.78 is 52.2. The minimum absolute atomic E-state index is 0.140. The van der Waals surface area contributed by atoms with Crippen LogP contribution in [0.15, 0.2) is 55.3 Å². The molecule has 0 aliphatic carbocycles. The minimum atomic E-state index is -4.75. The first-order chi connectivity index (χ1) is 20.2. The van der Waals surface area contributed by atoms with E-state index in [2.05, 4.69) is 42.8 Å². The van der Waals surface area contributed by atoms with Gasteiger partial charge in [0.25, 0.3) is 0 Å². The van der Waals surface area contributed by atoms with Crippen molar-refractivity contribution in [2.24, 2.45) is 0 Å². The number of carbonyl (C=O) groups excluding carboxylic acids is 2. The van der Waals surface area contributed by atoms with Gasteiger partial charge in [0.1, 0.15) is 22.9 Å². The zero-order chi connectivity index (χ0) is 30.5. The number of benzene rings is 1. The van der Waals surface area contributed by atoms with Crippen molar-refractivity contribution in [3.63, 3.8) is 0 Å². The highest BCUT2D eigenvalue weighted by Gasteiger charge is 2.35. The summed E-state index contributed by atoms with van der Waals surface area (Å²) in [6.07, 6.45) is -2.42. The molecule has 224 valence electrons. The fourth-order valence-corrected chi connectivity index (χ4v) is 3.65. The fourth-order valence-electron chi connectivity index (χ4n) is 3.65. The van der Waals surface area contributed by atoms with Crippen LogP contribution >= 0.6 is 0 Å². The topological polar surface area (TPSA) is 143 Å². The highest BCUT2D eigenvalue weighted by Crippen LogP contribution is 2.36. The summed E-state index contributed by atoms with van der Waals surface area (Å²) in [5.41, 5.74) is -0.203. The van der Waals surface area contributed by atoms with Gasteiger partial charge in [-0.2, -0.15) is 23.1 Å². The number of anilines is 6. The molecule has 1 aromatic carbocycles.